The first-order valence-electron chi connectivity index (χ1n) is 20.7. The van der Waals surface area contributed by atoms with Crippen LogP contribution in [0, 0.1) is 0 Å². The number of rotatable bonds is 4. The lowest BCUT2D eigenvalue weighted by molar-refractivity contribution is 0.666. The third kappa shape index (κ3) is 4.82. The number of hydrogen-bond acceptors (Lipinski definition) is 6. The number of benzene rings is 9. The van der Waals surface area contributed by atoms with E-state index in [0.29, 0.717) is 17.5 Å². The van der Waals surface area contributed by atoms with Crippen LogP contribution in [-0.2, 0) is 0 Å². The highest BCUT2D eigenvalue weighted by molar-refractivity contribution is 7.26. The molecule has 0 bridgehead atoms. The van der Waals surface area contributed by atoms with Crippen LogP contribution in [0.25, 0.3) is 136 Å². The van der Waals surface area contributed by atoms with Gasteiger partial charge >= 0.3 is 0 Å². The standard InChI is InChI=1S/C55H30N4O2S/c1-2-14-32-29-45-42(27-31(32)13-1)34-15-3-7-23-44(34)59(45)46-30-33(28-43-36-17-5-9-25-48(36)61-51(43)46)53-56-54(40-21-11-19-38-35-16-4-8-24-47(35)60-50(38)40)58-55(57-53)41-22-12-20-39-37-18-6-10-26-49(37)62-52(39)41/h1-30H. The van der Waals surface area contributed by atoms with Gasteiger partial charge in [-0.25, -0.2) is 15.0 Å². The number of hydrogen-bond donors (Lipinski definition) is 0. The molecule has 0 radical (unpaired) electrons. The van der Waals surface area contributed by atoms with Crippen LogP contribution in [0.5, 0.6) is 0 Å². The highest BCUT2D eigenvalue weighted by atomic mass is 32.1. The molecule has 0 saturated carbocycles. The van der Waals surface area contributed by atoms with Crippen molar-refractivity contribution in [1.29, 1.82) is 0 Å². The number of fused-ring (bicyclic) bond motifs is 13. The van der Waals surface area contributed by atoms with Gasteiger partial charge in [-0.15, -0.1) is 11.3 Å². The number of para-hydroxylation sites is 4. The molecule has 0 aliphatic heterocycles. The number of aromatic nitrogens is 4. The molecule has 7 heteroatoms. The minimum atomic E-state index is 0.537. The van der Waals surface area contributed by atoms with E-state index in [1.807, 2.05) is 36.4 Å². The summed E-state index contributed by atoms with van der Waals surface area (Å²) in [4.78, 5) is 16.1. The summed E-state index contributed by atoms with van der Waals surface area (Å²) in [7, 11) is 0. The van der Waals surface area contributed by atoms with Gasteiger partial charge < -0.3 is 13.4 Å². The third-order valence-corrected chi connectivity index (χ3v) is 13.6. The second-order valence-electron chi connectivity index (χ2n) is 15.9. The summed E-state index contributed by atoms with van der Waals surface area (Å²) in [6.45, 7) is 0. The summed E-state index contributed by atoms with van der Waals surface area (Å²) in [5, 5.41) is 11.2. The van der Waals surface area contributed by atoms with Crippen LogP contribution < -0.4 is 0 Å². The van der Waals surface area contributed by atoms with Gasteiger partial charge in [0.1, 0.15) is 16.7 Å². The van der Waals surface area contributed by atoms with E-state index < -0.39 is 0 Å². The van der Waals surface area contributed by atoms with Gasteiger partial charge in [0, 0.05) is 63.6 Å². The Kier molecular flexibility index (Phi) is 6.89. The molecule has 5 heterocycles. The zero-order valence-electron chi connectivity index (χ0n) is 32.8. The van der Waals surface area contributed by atoms with Crippen molar-refractivity contribution >= 4 is 108 Å². The van der Waals surface area contributed by atoms with E-state index >= 15 is 0 Å². The molecule has 0 amide bonds. The maximum absolute atomic E-state index is 6.84. The zero-order chi connectivity index (χ0) is 40.5. The first-order chi connectivity index (χ1) is 30.7. The molecule has 0 aliphatic rings. The summed E-state index contributed by atoms with van der Waals surface area (Å²) in [6, 6.07) is 63.8. The van der Waals surface area contributed by atoms with Crippen molar-refractivity contribution in [2.45, 2.75) is 0 Å². The summed E-state index contributed by atoms with van der Waals surface area (Å²) in [5.74, 6) is 1.68. The predicted molar refractivity (Wildman–Crippen MR) is 255 cm³/mol. The maximum atomic E-state index is 6.84. The predicted octanol–water partition coefficient (Wildman–Crippen LogP) is 15.3. The van der Waals surface area contributed by atoms with E-state index in [1.165, 1.54) is 37.0 Å². The summed E-state index contributed by atoms with van der Waals surface area (Å²) >= 11 is 1.77. The lowest BCUT2D eigenvalue weighted by Gasteiger charge is -2.13. The monoisotopic (exact) mass is 810 g/mol. The number of thiophene rings is 1. The van der Waals surface area contributed by atoms with Crippen molar-refractivity contribution in [1.82, 2.24) is 19.5 Å². The van der Waals surface area contributed by atoms with Gasteiger partial charge in [-0.1, -0.05) is 121 Å². The SMILES string of the molecule is c1ccc2cc3c(cc2c1)c1ccccc1n3-c1cc(-c2nc(-c3cccc4c3oc3ccccc34)nc(-c3cccc4c3sc3ccccc34)n2)cc2c1oc1ccccc12. The van der Waals surface area contributed by atoms with Gasteiger partial charge in [0.25, 0.3) is 0 Å². The summed E-state index contributed by atoms with van der Waals surface area (Å²) in [6.07, 6.45) is 0. The van der Waals surface area contributed by atoms with E-state index in [2.05, 4.69) is 150 Å². The molecular weight excluding hydrogens is 781 g/mol. The van der Waals surface area contributed by atoms with E-state index in [9.17, 15) is 0 Å². The molecule has 0 atom stereocenters. The van der Waals surface area contributed by atoms with Crippen LogP contribution in [0.4, 0.5) is 0 Å². The average Bonchev–Trinajstić information content (AvgIpc) is 4.09. The van der Waals surface area contributed by atoms with Gasteiger partial charge in [0.15, 0.2) is 23.1 Å². The van der Waals surface area contributed by atoms with Crippen molar-refractivity contribution in [3.8, 4) is 39.9 Å². The molecule has 288 valence electrons. The molecule has 0 N–H and O–H groups in total. The summed E-state index contributed by atoms with van der Waals surface area (Å²) in [5.41, 5.74) is 8.86. The van der Waals surface area contributed by atoms with Gasteiger partial charge in [-0.3, -0.25) is 0 Å². The molecule has 5 aromatic heterocycles. The molecule has 9 aromatic carbocycles. The largest absolute Gasteiger partial charge is 0.455 e. The van der Waals surface area contributed by atoms with Crippen molar-refractivity contribution in [2.75, 3.05) is 0 Å². The van der Waals surface area contributed by atoms with E-state index in [4.69, 9.17) is 23.8 Å². The van der Waals surface area contributed by atoms with Crippen molar-refractivity contribution in [2.24, 2.45) is 0 Å². The Bertz CT molecular complexity index is 4060. The number of nitrogens with zero attached hydrogens (tertiary/aromatic N) is 4. The Balaban J connectivity index is 1.10. The second-order valence-corrected chi connectivity index (χ2v) is 17.0. The quantitative estimate of drug-likeness (QED) is 0.177. The average molecular weight is 811 g/mol. The van der Waals surface area contributed by atoms with Gasteiger partial charge in [0.2, 0.25) is 0 Å². The molecule has 0 unspecified atom stereocenters. The third-order valence-electron chi connectivity index (χ3n) is 12.4. The lowest BCUT2D eigenvalue weighted by Crippen LogP contribution is -2.02. The minimum absolute atomic E-state index is 0.537. The zero-order valence-corrected chi connectivity index (χ0v) is 33.7. The Hall–Kier alpha value is -8.13. The topological polar surface area (TPSA) is 69.9 Å². The van der Waals surface area contributed by atoms with E-state index in [0.717, 1.165) is 82.0 Å². The van der Waals surface area contributed by atoms with E-state index in [1.54, 1.807) is 11.3 Å². The highest BCUT2D eigenvalue weighted by Gasteiger charge is 2.24. The van der Waals surface area contributed by atoms with Gasteiger partial charge in [0.05, 0.1) is 22.3 Å². The Morgan fingerprint density at radius 1 is 0.387 bits per heavy atom. The smallest absolute Gasteiger partial charge is 0.167 e. The van der Waals surface area contributed by atoms with Gasteiger partial charge in [-0.05, 0) is 71.4 Å². The van der Waals surface area contributed by atoms with Crippen LogP contribution >= 0.6 is 11.3 Å². The Morgan fingerprint density at radius 3 is 1.81 bits per heavy atom. The number of furan rings is 2. The fourth-order valence-corrected chi connectivity index (χ4v) is 10.8. The first-order valence-corrected chi connectivity index (χ1v) is 21.5. The van der Waals surface area contributed by atoms with Crippen LogP contribution in [-0.4, -0.2) is 19.5 Å². The second kappa shape index (κ2) is 12.7. The molecule has 14 aromatic rings. The summed E-state index contributed by atoms with van der Waals surface area (Å²) < 4.78 is 18.1. The van der Waals surface area contributed by atoms with Crippen molar-refractivity contribution in [3.63, 3.8) is 0 Å². The van der Waals surface area contributed by atoms with Gasteiger partial charge in [-0.2, -0.15) is 0 Å². The van der Waals surface area contributed by atoms with Crippen LogP contribution in [0.2, 0.25) is 0 Å². The molecule has 14 rings (SSSR count). The fourth-order valence-electron chi connectivity index (χ4n) is 9.61. The molecular formula is C55H30N4O2S. The van der Waals surface area contributed by atoms with Crippen LogP contribution in [0.15, 0.2) is 191 Å². The lowest BCUT2D eigenvalue weighted by atomic mass is 10.1. The van der Waals surface area contributed by atoms with E-state index in [-0.39, 0.29) is 0 Å². The van der Waals surface area contributed by atoms with Crippen molar-refractivity contribution < 1.29 is 8.83 Å². The molecule has 62 heavy (non-hydrogen) atoms. The molecule has 0 fully saturated rings. The Labute approximate surface area is 356 Å². The van der Waals surface area contributed by atoms with Crippen LogP contribution in [0.3, 0.4) is 0 Å². The fraction of sp³-hybridized carbons (Fsp3) is 0. The first kappa shape index (κ1) is 33.7. The van der Waals surface area contributed by atoms with Crippen LogP contribution in [0.1, 0.15) is 0 Å². The Morgan fingerprint density at radius 2 is 0.984 bits per heavy atom. The molecule has 0 aliphatic carbocycles. The maximum Gasteiger partial charge on any atom is 0.167 e. The normalized spacial score (nSPS) is 12.2. The molecule has 6 nitrogen and oxygen atoms in total. The van der Waals surface area contributed by atoms with Crippen molar-refractivity contribution in [3.05, 3.63) is 182 Å². The minimum Gasteiger partial charge on any atom is -0.455 e. The molecule has 0 spiro atoms. The highest BCUT2D eigenvalue weighted by Crippen LogP contribution is 2.44. The molecule has 0 saturated heterocycles.